The highest BCUT2D eigenvalue weighted by Crippen LogP contribution is 2.29. The molecular weight excluding hydrogens is 388 g/mol. The van der Waals surface area contributed by atoms with Crippen LogP contribution in [0.4, 0.5) is 16.2 Å². The molecule has 0 radical (unpaired) electrons. The molecule has 0 aliphatic carbocycles. The van der Waals surface area contributed by atoms with Gasteiger partial charge in [-0.2, -0.15) is 0 Å². The van der Waals surface area contributed by atoms with E-state index in [0.717, 1.165) is 0 Å². The molecule has 1 aliphatic rings. The number of carbonyl (C=O) groups excluding carboxylic acids is 2. The summed E-state index contributed by atoms with van der Waals surface area (Å²) < 4.78 is 15.7. The van der Waals surface area contributed by atoms with Gasteiger partial charge in [0.1, 0.15) is 12.3 Å². The highest BCUT2D eigenvalue weighted by molar-refractivity contribution is 6.13. The van der Waals surface area contributed by atoms with Gasteiger partial charge in [0.25, 0.3) is 11.6 Å². The first-order valence-corrected chi connectivity index (χ1v) is 9.27. The fourth-order valence-electron chi connectivity index (χ4n) is 3.40. The molecule has 2 amide bonds. The molecule has 4 aromatic rings. The van der Waals surface area contributed by atoms with E-state index in [1.165, 1.54) is 11.2 Å². The lowest BCUT2D eigenvalue weighted by Gasteiger charge is -2.14. The molecule has 4 heterocycles. The second-order valence-corrected chi connectivity index (χ2v) is 6.75. The molecule has 150 valence electrons. The normalized spacial score (nSPS) is 13.6. The third kappa shape index (κ3) is 3.06. The highest BCUT2D eigenvalue weighted by Gasteiger charge is 2.24. The number of amides is 2. The Hall–Kier alpha value is -4.14. The zero-order chi connectivity index (χ0) is 20.7. The predicted molar refractivity (Wildman–Crippen MR) is 107 cm³/mol. The van der Waals surface area contributed by atoms with Crippen LogP contribution in [0.25, 0.3) is 22.6 Å². The predicted octanol–water partition coefficient (Wildman–Crippen LogP) is 4.00. The summed E-state index contributed by atoms with van der Waals surface area (Å²) in [5.74, 6) is 0.150. The molecule has 1 aromatic carbocycles. The van der Waals surface area contributed by atoms with Crippen molar-refractivity contribution in [3.05, 3.63) is 60.0 Å². The lowest BCUT2D eigenvalue weighted by Crippen LogP contribution is -2.23. The summed E-state index contributed by atoms with van der Waals surface area (Å²) in [4.78, 5) is 30.9. The number of aryl methyl sites for hydroxylation is 1. The van der Waals surface area contributed by atoms with E-state index in [9.17, 15) is 9.59 Å². The van der Waals surface area contributed by atoms with Crippen molar-refractivity contribution in [3.8, 4) is 11.5 Å². The maximum atomic E-state index is 13.2. The quantitative estimate of drug-likeness (QED) is 0.547. The molecule has 1 N–H and O–H groups in total. The number of ether oxygens (including phenoxy) is 1. The van der Waals surface area contributed by atoms with Crippen molar-refractivity contribution in [2.75, 3.05) is 23.4 Å². The Morgan fingerprint density at radius 3 is 2.87 bits per heavy atom. The lowest BCUT2D eigenvalue weighted by molar-refractivity contribution is 0.102. The molecule has 9 heteroatoms. The van der Waals surface area contributed by atoms with Crippen LogP contribution in [-0.4, -0.2) is 35.3 Å². The van der Waals surface area contributed by atoms with Crippen LogP contribution in [0, 0.1) is 6.92 Å². The van der Waals surface area contributed by atoms with Gasteiger partial charge in [0, 0.05) is 11.4 Å². The zero-order valence-corrected chi connectivity index (χ0v) is 15.9. The lowest BCUT2D eigenvalue weighted by atomic mass is 10.1. The molecule has 3 aromatic heterocycles. The van der Waals surface area contributed by atoms with E-state index in [1.807, 2.05) is 0 Å². The number of nitrogens with zero attached hydrogens (tertiary/aromatic N) is 3. The average Bonchev–Trinajstić information content (AvgIpc) is 3.49. The van der Waals surface area contributed by atoms with Gasteiger partial charge in [0.2, 0.25) is 0 Å². The summed E-state index contributed by atoms with van der Waals surface area (Å²) in [6.45, 7) is 2.55. The van der Waals surface area contributed by atoms with E-state index in [0.29, 0.717) is 52.6 Å². The number of carbonyl (C=O) groups is 2. The van der Waals surface area contributed by atoms with E-state index >= 15 is 0 Å². The van der Waals surface area contributed by atoms with Gasteiger partial charge in [-0.05, 0) is 43.3 Å². The van der Waals surface area contributed by atoms with E-state index in [2.05, 4.69) is 15.5 Å². The molecule has 30 heavy (non-hydrogen) atoms. The summed E-state index contributed by atoms with van der Waals surface area (Å²) in [7, 11) is 0. The molecule has 1 saturated heterocycles. The van der Waals surface area contributed by atoms with Crippen molar-refractivity contribution in [2.45, 2.75) is 6.92 Å². The molecule has 9 nitrogen and oxygen atoms in total. The number of rotatable bonds is 4. The van der Waals surface area contributed by atoms with Crippen molar-refractivity contribution >= 4 is 34.5 Å². The number of furan rings is 1. The molecule has 1 fully saturated rings. The van der Waals surface area contributed by atoms with E-state index in [1.54, 1.807) is 49.4 Å². The van der Waals surface area contributed by atoms with Crippen LogP contribution in [0.1, 0.15) is 16.1 Å². The summed E-state index contributed by atoms with van der Waals surface area (Å²) in [6, 6.07) is 12.1. The molecule has 0 bridgehead atoms. The molecular formula is C21H16N4O5. The Morgan fingerprint density at radius 2 is 2.10 bits per heavy atom. The Morgan fingerprint density at radius 1 is 1.20 bits per heavy atom. The number of cyclic esters (lactones) is 1. The van der Waals surface area contributed by atoms with Gasteiger partial charge < -0.3 is 19.0 Å². The van der Waals surface area contributed by atoms with Crippen molar-refractivity contribution in [1.82, 2.24) is 10.1 Å². The average molecular weight is 404 g/mol. The molecule has 0 unspecified atom stereocenters. The van der Waals surface area contributed by atoms with E-state index in [-0.39, 0.29) is 11.6 Å². The topological polar surface area (TPSA) is 111 Å². The van der Waals surface area contributed by atoms with Crippen LogP contribution in [0.15, 0.2) is 57.7 Å². The largest absolute Gasteiger partial charge is 0.463 e. The maximum absolute atomic E-state index is 13.2. The standard InChI is InChI=1S/C21H16N4O5/c1-12-18-15(11-16(17-6-3-8-28-17)23-20(18)30-24-12)19(26)22-13-4-2-5-14(10-13)25-7-9-29-21(25)27/h2-6,8,10-11H,7,9H2,1H3,(H,22,26). The summed E-state index contributed by atoms with van der Waals surface area (Å²) in [5, 5.41) is 7.34. The maximum Gasteiger partial charge on any atom is 0.414 e. The van der Waals surface area contributed by atoms with Gasteiger partial charge in [0.15, 0.2) is 5.76 Å². The van der Waals surface area contributed by atoms with Crippen molar-refractivity contribution in [3.63, 3.8) is 0 Å². The minimum absolute atomic E-state index is 0.250. The van der Waals surface area contributed by atoms with Gasteiger partial charge >= 0.3 is 6.09 Å². The SMILES string of the molecule is Cc1noc2nc(-c3ccco3)cc(C(=O)Nc3cccc(N4CCOC4=O)c3)c12. The molecule has 0 saturated carbocycles. The number of hydrogen-bond acceptors (Lipinski definition) is 7. The van der Waals surface area contributed by atoms with Gasteiger partial charge in [-0.1, -0.05) is 11.2 Å². The van der Waals surface area contributed by atoms with Crippen LogP contribution in [-0.2, 0) is 4.74 Å². The fraction of sp³-hybridized carbons (Fsp3) is 0.143. The minimum Gasteiger partial charge on any atom is -0.463 e. The Kier molecular flexibility index (Phi) is 4.20. The summed E-state index contributed by atoms with van der Waals surface area (Å²) in [6.07, 6.45) is 1.12. The van der Waals surface area contributed by atoms with Crippen LogP contribution in [0.5, 0.6) is 0 Å². The summed E-state index contributed by atoms with van der Waals surface area (Å²) >= 11 is 0. The number of benzene rings is 1. The Labute approximate surface area is 170 Å². The van der Waals surface area contributed by atoms with Crippen LogP contribution < -0.4 is 10.2 Å². The number of nitrogens with one attached hydrogen (secondary N) is 1. The van der Waals surface area contributed by atoms with Crippen LogP contribution in [0.3, 0.4) is 0 Å². The molecule has 0 spiro atoms. The number of pyridine rings is 1. The van der Waals surface area contributed by atoms with Crippen LogP contribution >= 0.6 is 0 Å². The molecule has 0 atom stereocenters. The number of aromatic nitrogens is 2. The first-order chi connectivity index (χ1) is 14.6. The first kappa shape index (κ1) is 17.9. The Bertz CT molecular complexity index is 1260. The number of anilines is 2. The van der Waals surface area contributed by atoms with E-state index < -0.39 is 6.09 Å². The van der Waals surface area contributed by atoms with Crippen molar-refractivity contribution in [1.29, 1.82) is 0 Å². The smallest absolute Gasteiger partial charge is 0.414 e. The summed E-state index contributed by atoms with van der Waals surface area (Å²) in [5.41, 5.74) is 2.81. The fourth-order valence-corrected chi connectivity index (χ4v) is 3.40. The van der Waals surface area contributed by atoms with Gasteiger partial charge in [-0.3, -0.25) is 9.69 Å². The van der Waals surface area contributed by atoms with Gasteiger partial charge in [0.05, 0.1) is 29.5 Å². The first-order valence-electron chi connectivity index (χ1n) is 9.27. The van der Waals surface area contributed by atoms with Gasteiger partial charge in [-0.25, -0.2) is 9.78 Å². The third-order valence-corrected chi connectivity index (χ3v) is 4.81. The second-order valence-electron chi connectivity index (χ2n) is 6.75. The van der Waals surface area contributed by atoms with E-state index in [4.69, 9.17) is 13.7 Å². The van der Waals surface area contributed by atoms with Crippen molar-refractivity contribution < 1.29 is 23.3 Å². The number of fused-ring (bicyclic) bond motifs is 1. The number of hydrogen-bond donors (Lipinski definition) is 1. The highest BCUT2D eigenvalue weighted by atomic mass is 16.6. The van der Waals surface area contributed by atoms with Crippen LogP contribution in [0.2, 0.25) is 0 Å². The molecule has 1 aliphatic heterocycles. The van der Waals surface area contributed by atoms with Gasteiger partial charge in [-0.15, -0.1) is 0 Å². The minimum atomic E-state index is -0.405. The third-order valence-electron chi connectivity index (χ3n) is 4.81. The zero-order valence-electron chi connectivity index (χ0n) is 15.9. The second kappa shape index (κ2) is 7.03. The monoisotopic (exact) mass is 404 g/mol. The van der Waals surface area contributed by atoms with Crippen molar-refractivity contribution in [2.24, 2.45) is 0 Å². The molecule has 5 rings (SSSR count). The Balaban J connectivity index is 1.51.